The molecule has 2 unspecified atom stereocenters. The van der Waals surface area contributed by atoms with Gasteiger partial charge in [-0.3, -0.25) is 0 Å². The largest absolute Gasteiger partial charge is 0.396 e. The Labute approximate surface area is 112 Å². The first-order valence-electron chi connectivity index (χ1n) is 7.20. The quantitative estimate of drug-likeness (QED) is 0.409. The molecule has 0 aliphatic heterocycles. The Morgan fingerprint density at radius 2 is 1.56 bits per heavy atom. The maximum absolute atomic E-state index is 8.92. The Bertz CT molecular complexity index is 164. The molecule has 0 aromatic carbocycles. The number of hydrogen-bond donors (Lipinski definition) is 1. The van der Waals surface area contributed by atoms with E-state index in [1.807, 2.05) is 0 Å². The van der Waals surface area contributed by atoms with Crippen LogP contribution in [-0.2, 0) is 14.2 Å². The number of hydrogen-bond acceptors (Lipinski definition) is 4. The van der Waals surface area contributed by atoms with Crippen LogP contribution in [-0.4, -0.2) is 43.9 Å². The van der Waals surface area contributed by atoms with Crippen molar-refractivity contribution in [3.8, 4) is 0 Å². The van der Waals surface area contributed by atoms with E-state index in [9.17, 15) is 0 Å². The second-order valence-corrected chi connectivity index (χ2v) is 4.48. The van der Waals surface area contributed by atoms with Crippen LogP contribution in [0.5, 0.6) is 0 Å². The lowest BCUT2D eigenvalue weighted by Gasteiger charge is -2.18. The van der Waals surface area contributed by atoms with Gasteiger partial charge in [-0.2, -0.15) is 0 Å². The summed E-state index contributed by atoms with van der Waals surface area (Å²) in [5, 5.41) is 8.92. The van der Waals surface area contributed by atoms with Crippen molar-refractivity contribution in [2.75, 3.05) is 26.4 Å². The smallest absolute Gasteiger partial charge is 0.159 e. The lowest BCUT2D eigenvalue weighted by Crippen LogP contribution is -2.21. The lowest BCUT2D eigenvalue weighted by molar-refractivity contribution is -0.153. The molecule has 1 N–H and O–H groups in total. The highest BCUT2D eigenvalue weighted by molar-refractivity contribution is 4.48. The van der Waals surface area contributed by atoms with Crippen molar-refractivity contribution in [2.24, 2.45) is 0 Å². The van der Waals surface area contributed by atoms with E-state index in [-0.39, 0.29) is 12.9 Å². The summed E-state index contributed by atoms with van der Waals surface area (Å²) >= 11 is 0. The minimum Gasteiger partial charge on any atom is -0.396 e. The zero-order valence-electron chi connectivity index (χ0n) is 12.2. The lowest BCUT2D eigenvalue weighted by atomic mass is 10.3. The SMILES string of the molecule is CCCCOC(CCO)OCCCOC(C)CC. The van der Waals surface area contributed by atoms with Crippen LogP contribution < -0.4 is 0 Å². The topological polar surface area (TPSA) is 47.9 Å². The van der Waals surface area contributed by atoms with Crippen LogP contribution >= 0.6 is 0 Å². The Morgan fingerprint density at radius 1 is 0.944 bits per heavy atom. The molecule has 0 heterocycles. The van der Waals surface area contributed by atoms with Crippen molar-refractivity contribution < 1.29 is 19.3 Å². The van der Waals surface area contributed by atoms with Gasteiger partial charge in [0.15, 0.2) is 6.29 Å². The average Bonchev–Trinajstić information content (AvgIpc) is 2.38. The second-order valence-electron chi connectivity index (χ2n) is 4.48. The molecule has 2 atom stereocenters. The van der Waals surface area contributed by atoms with Crippen molar-refractivity contribution >= 4 is 0 Å². The molecular formula is C14H30O4. The molecule has 0 aliphatic carbocycles. The third-order valence-electron chi connectivity index (χ3n) is 2.74. The van der Waals surface area contributed by atoms with Crippen LogP contribution in [0.25, 0.3) is 0 Å². The van der Waals surface area contributed by atoms with Crippen molar-refractivity contribution in [2.45, 2.75) is 65.3 Å². The van der Waals surface area contributed by atoms with Gasteiger partial charge in [-0.25, -0.2) is 0 Å². The number of ether oxygens (including phenoxy) is 3. The third-order valence-corrected chi connectivity index (χ3v) is 2.74. The predicted molar refractivity (Wildman–Crippen MR) is 72.6 cm³/mol. The van der Waals surface area contributed by atoms with Crippen LogP contribution in [0, 0.1) is 0 Å². The standard InChI is InChI=1S/C14H30O4/c1-4-6-10-17-14(8-9-15)18-12-7-11-16-13(3)5-2/h13-15H,4-12H2,1-3H3. The minimum absolute atomic E-state index is 0.0974. The molecule has 0 fully saturated rings. The highest BCUT2D eigenvalue weighted by Gasteiger charge is 2.08. The Balaban J connectivity index is 3.50. The molecule has 0 saturated heterocycles. The molecule has 0 rings (SSSR count). The van der Waals surface area contributed by atoms with Crippen molar-refractivity contribution in [3.63, 3.8) is 0 Å². The number of aliphatic hydroxyl groups is 1. The number of unbranched alkanes of at least 4 members (excludes halogenated alkanes) is 1. The van der Waals surface area contributed by atoms with Crippen LogP contribution in [0.3, 0.4) is 0 Å². The first-order chi connectivity index (χ1) is 8.74. The second kappa shape index (κ2) is 13.3. The average molecular weight is 262 g/mol. The molecule has 4 heteroatoms. The zero-order valence-corrected chi connectivity index (χ0v) is 12.2. The van der Waals surface area contributed by atoms with E-state index in [1.165, 1.54) is 0 Å². The number of aliphatic hydroxyl groups excluding tert-OH is 1. The maximum atomic E-state index is 8.92. The van der Waals surface area contributed by atoms with Crippen LogP contribution in [0.15, 0.2) is 0 Å². The van der Waals surface area contributed by atoms with Gasteiger partial charge in [0, 0.05) is 26.2 Å². The van der Waals surface area contributed by atoms with E-state index in [1.54, 1.807) is 0 Å². The third kappa shape index (κ3) is 11.0. The van der Waals surface area contributed by atoms with Crippen LogP contribution in [0.2, 0.25) is 0 Å². The molecule has 0 amide bonds. The molecule has 0 spiro atoms. The van der Waals surface area contributed by atoms with E-state index in [0.29, 0.717) is 25.7 Å². The van der Waals surface area contributed by atoms with Crippen molar-refractivity contribution in [1.82, 2.24) is 0 Å². The first kappa shape index (κ1) is 17.8. The van der Waals surface area contributed by atoms with E-state index < -0.39 is 0 Å². The summed E-state index contributed by atoms with van der Waals surface area (Å²) in [7, 11) is 0. The fourth-order valence-corrected chi connectivity index (χ4v) is 1.36. The van der Waals surface area contributed by atoms with Crippen LogP contribution in [0.4, 0.5) is 0 Å². The van der Waals surface area contributed by atoms with Gasteiger partial charge in [-0.1, -0.05) is 20.3 Å². The summed E-state index contributed by atoms with van der Waals surface area (Å²) in [6.45, 7) is 8.44. The van der Waals surface area contributed by atoms with E-state index in [0.717, 1.165) is 32.3 Å². The normalized spacial score (nSPS) is 14.7. The van der Waals surface area contributed by atoms with E-state index >= 15 is 0 Å². The number of rotatable bonds is 13. The molecule has 110 valence electrons. The molecule has 0 aromatic rings. The fraction of sp³-hybridized carbons (Fsp3) is 1.00. The molecule has 0 saturated carbocycles. The highest BCUT2D eigenvalue weighted by atomic mass is 16.7. The Kier molecular flexibility index (Phi) is 13.2. The van der Waals surface area contributed by atoms with Gasteiger partial charge in [0.05, 0.1) is 12.7 Å². The predicted octanol–water partition coefficient (Wildman–Crippen LogP) is 2.73. The summed E-state index contributed by atoms with van der Waals surface area (Å²) in [5.41, 5.74) is 0. The molecule has 0 bridgehead atoms. The van der Waals surface area contributed by atoms with Crippen LogP contribution in [0.1, 0.15) is 52.9 Å². The van der Waals surface area contributed by atoms with Gasteiger partial charge in [-0.05, 0) is 26.2 Å². The summed E-state index contributed by atoms with van der Waals surface area (Å²) < 4.78 is 16.7. The molecule has 4 nitrogen and oxygen atoms in total. The molecule has 0 aromatic heterocycles. The van der Waals surface area contributed by atoms with Crippen molar-refractivity contribution in [1.29, 1.82) is 0 Å². The summed E-state index contributed by atoms with van der Waals surface area (Å²) in [4.78, 5) is 0. The van der Waals surface area contributed by atoms with E-state index in [2.05, 4.69) is 20.8 Å². The van der Waals surface area contributed by atoms with Gasteiger partial charge in [0.1, 0.15) is 0 Å². The van der Waals surface area contributed by atoms with Gasteiger partial charge in [-0.15, -0.1) is 0 Å². The molecular weight excluding hydrogens is 232 g/mol. The summed E-state index contributed by atoms with van der Waals surface area (Å²) in [6.07, 6.45) is 4.62. The molecule has 18 heavy (non-hydrogen) atoms. The monoisotopic (exact) mass is 262 g/mol. The first-order valence-corrected chi connectivity index (χ1v) is 7.20. The van der Waals surface area contributed by atoms with Crippen molar-refractivity contribution in [3.05, 3.63) is 0 Å². The Hall–Kier alpha value is -0.160. The Morgan fingerprint density at radius 3 is 2.11 bits per heavy atom. The zero-order chi connectivity index (χ0) is 13.6. The van der Waals surface area contributed by atoms with E-state index in [4.69, 9.17) is 19.3 Å². The van der Waals surface area contributed by atoms with Gasteiger partial charge < -0.3 is 19.3 Å². The molecule has 0 aliphatic rings. The summed E-state index contributed by atoms with van der Waals surface area (Å²) in [6, 6.07) is 0. The highest BCUT2D eigenvalue weighted by Crippen LogP contribution is 2.04. The molecule has 0 radical (unpaired) electrons. The maximum Gasteiger partial charge on any atom is 0.159 e. The fourth-order valence-electron chi connectivity index (χ4n) is 1.36. The minimum atomic E-state index is -0.273. The van der Waals surface area contributed by atoms with Gasteiger partial charge in [0.2, 0.25) is 0 Å². The summed E-state index contributed by atoms with van der Waals surface area (Å²) in [5.74, 6) is 0. The van der Waals surface area contributed by atoms with Gasteiger partial charge in [0.25, 0.3) is 0 Å². The van der Waals surface area contributed by atoms with Gasteiger partial charge >= 0.3 is 0 Å².